The van der Waals surface area contributed by atoms with Gasteiger partial charge in [0, 0.05) is 6.20 Å². The molecule has 0 aliphatic rings. The van der Waals surface area contributed by atoms with E-state index in [1.54, 1.807) is 0 Å². The second-order valence-corrected chi connectivity index (χ2v) is 2.73. The van der Waals surface area contributed by atoms with Crippen LogP contribution in [0.5, 0.6) is 0 Å². The Balaban J connectivity index is 2.80. The zero-order valence-corrected chi connectivity index (χ0v) is 6.94. The smallest absolute Gasteiger partial charge is 0.358 e. The van der Waals surface area contributed by atoms with Crippen molar-refractivity contribution in [2.45, 2.75) is 0 Å². The fourth-order valence-electron chi connectivity index (χ4n) is 1.19. The number of carbonyl (C=O) groups is 1. The Morgan fingerprint density at radius 2 is 2.29 bits per heavy atom. The molecule has 0 aliphatic heterocycles. The van der Waals surface area contributed by atoms with Crippen molar-refractivity contribution in [2.75, 3.05) is 5.73 Å². The zero-order valence-electron chi connectivity index (χ0n) is 6.94. The number of anilines is 1. The number of nitrogen functional groups attached to an aromatic ring is 1. The average molecular weight is 195 g/mol. The number of carboxylic acids is 1. The third-order valence-corrected chi connectivity index (χ3v) is 1.82. The monoisotopic (exact) mass is 195 g/mol. The molecule has 0 unspecified atom stereocenters. The Kier molecular flexibility index (Phi) is 1.63. The predicted octanol–water partition coefficient (Wildman–Crippen LogP) is 0.754. The van der Waals surface area contributed by atoms with Gasteiger partial charge in [-0.25, -0.2) is 14.2 Å². The van der Waals surface area contributed by atoms with E-state index in [-0.39, 0.29) is 11.5 Å². The number of aromatic nitrogens is 2. The molecule has 5 nitrogen and oxygen atoms in total. The Morgan fingerprint density at radius 1 is 1.57 bits per heavy atom. The normalized spacial score (nSPS) is 10.6. The van der Waals surface area contributed by atoms with Crippen molar-refractivity contribution in [1.29, 1.82) is 0 Å². The molecule has 14 heavy (non-hydrogen) atoms. The SMILES string of the molecule is Nc1c(C(=O)O)nc2ccc(F)cn12. The molecule has 0 atom stereocenters. The van der Waals surface area contributed by atoms with Crippen LogP contribution < -0.4 is 5.73 Å². The topological polar surface area (TPSA) is 80.6 Å². The summed E-state index contributed by atoms with van der Waals surface area (Å²) in [5.74, 6) is -1.81. The van der Waals surface area contributed by atoms with Crippen LogP contribution in [-0.4, -0.2) is 20.5 Å². The maximum absolute atomic E-state index is 12.8. The number of pyridine rings is 1. The quantitative estimate of drug-likeness (QED) is 0.703. The first-order chi connectivity index (χ1) is 6.59. The van der Waals surface area contributed by atoms with Crippen LogP contribution in [0.25, 0.3) is 5.65 Å². The molecule has 2 aromatic heterocycles. The molecule has 3 N–H and O–H groups in total. The van der Waals surface area contributed by atoms with Gasteiger partial charge >= 0.3 is 5.97 Å². The van der Waals surface area contributed by atoms with Gasteiger partial charge in [0.25, 0.3) is 0 Å². The molecule has 0 aromatic carbocycles. The van der Waals surface area contributed by atoms with Gasteiger partial charge in [0.05, 0.1) is 0 Å². The molecule has 2 heterocycles. The van der Waals surface area contributed by atoms with Gasteiger partial charge in [0.1, 0.15) is 17.3 Å². The van der Waals surface area contributed by atoms with Gasteiger partial charge in [0.15, 0.2) is 5.69 Å². The number of nitrogens with zero attached hydrogens (tertiary/aromatic N) is 2. The second-order valence-electron chi connectivity index (χ2n) is 2.73. The summed E-state index contributed by atoms with van der Waals surface area (Å²) in [5.41, 5.74) is 5.50. The van der Waals surface area contributed by atoms with E-state index in [1.807, 2.05) is 0 Å². The molecule has 2 aromatic rings. The molecule has 72 valence electrons. The van der Waals surface area contributed by atoms with E-state index in [0.717, 1.165) is 6.20 Å². The second kappa shape index (κ2) is 2.69. The number of carboxylic acid groups (broad SMARTS) is 1. The number of hydrogen-bond acceptors (Lipinski definition) is 3. The van der Waals surface area contributed by atoms with E-state index < -0.39 is 11.8 Å². The van der Waals surface area contributed by atoms with Gasteiger partial charge in [-0.2, -0.15) is 0 Å². The molecule has 0 saturated heterocycles. The summed E-state index contributed by atoms with van der Waals surface area (Å²) in [6, 6.07) is 2.55. The minimum Gasteiger partial charge on any atom is -0.476 e. The highest BCUT2D eigenvalue weighted by Gasteiger charge is 2.15. The summed E-state index contributed by atoms with van der Waals surface area (Å²) in [6.45, 7) is 0. The van der Waals surface area contributed by atoms with E-state index in [1.165, 1.54) is 16.5 Å². The largest absolute Gasteiger partial charge is 0.476 e. The van der Waals surface area contributed by atoms with Crippen LogP contribution in [0.4, 0.5) is 10.2 Å². The first-order valence-corrected chi connectivity index (χ1v) is 3.76. The van der Waals surface area contributed by atoms with Crippen LogP contribution in [0.15, 0.2) is 18.3 Å². The molecule has 6 heteroatoms. The first-order valence-electron chi connectivity index (χ1n) is 3.76. The van der Waals surface area contributed by atoms with Gasteiger partial charge < -0.3 is 10.8 Å². The maximum Gasteiger partial charge on any atom is 0.358 e. The van der Waals surface area contributed by atoms with E-state index in [4.69, 9.17) is 10.8 Å². The fourth-order valence-corrected chi connectivity index (χ4v) is 1.19. The summed E-state index contributed by atoms with van der Waals surface area (Å²) in [4.78, 5) is 14.4. The lowest BCUT2D eigenvalue weighted by Crippen LogP contribution is -2.02. The standard InChI is InChI=1S/C8H6FN3O2/c9-4-1-2-5-11-6(8(13)14)7(10)12(5)3-4/h1-3H,10H2,(H,13,14). The lowest BCUT2D eigenvalue weighted by atomic mass is 10.4. The molecule has 0 aliphatic carbocycles. The molecule has 0 amide bonds. The number of hydrogen-bond donors (Lipinski definition) is 2. The Bertz CT molecular complexity index is 521. The molecule has 0 spiro atoms. The fraction of sp³-hybridized carbons (Fsp3) is 0. The van der Waals surface area contributed by atoms with Gasteiger partial charge in [-0.3, -0.25) is 4.40 Å². The van der Waals surface area contributed by atoms with Crippen molar-refractivity contribution in [2.24, 2.45) is 0 Å². The van der Waals surface area contributed by atoms with E-state index in [2.05, 4.69) is 4.98 Å². The summed E-state index contributed by atoms with van der Waals surface area (Å²) in [7, 11) is 0. The van der Waals surface area contributed by atoms with Gasteiger partial charge in [0.2, 0.25) is 0 Å². The molecular weight excluding hydrogens is 189 g/mol. The van der Waals surface area contributed by atoms with Crippen molar-refractivity contribution < 1.29 is 14.3 Å². The average Bonchev–Trinajstić information content (AvgIpc) is 2.44. The van der Waals surface area contributed by atoms with Gasteiger partial charge in [-0.05, 0) is 12.1 Å². The van der Waals surface area contributed by atoms with E-state index in [0.29, 0.717) is 5.65 Å². The Hall–Kier alpha value is -2.11. The van der Waals surface area contributed by atoms with Gasteiger partial charge in [-0.1, -0.05) is 0 Å². The minimum atomic E-state index is -1.23. The lowest BCUT2D eigenvalue weighted by Gasteiger charge is -1.95. The first kappa shape index (κ1) is 8.49. The predicted molar refractivity (Wildman–Crippen MR) is 46.5 cm³/mol. The van der Waals surface area contributed by atoms with Crippen molar-refractivity contribution in [3.63, 3.8) is 0 Å². The minimum absolute atomic E-state index is 0.0769. The summed E-state index contributed by atoms with van der Waals surface area (Å²) in [5, 5.41) is 8.69. The molecule has 0 saturated carbocycles. The van der Waals surface area contributed by atoms with Crippen LogP contribution in [0.1, 0.15) is 10.5 Å². The van der Waals surface area contributed by atoms with E-state index >= 15 is 0 Å². The summed E-state index contributed by atoms with van der Waals surface area (Å²) < 4.78 is 14.0. The molecule has 0 bridgehead atoms. The number of fused-ring (bicyclic) bond motifs is 1. The van der Waals surface area contributed by atoms with Crippen molar-refractivity contribution in [1.82, 2.24) is 9.38 Å². The van der Waals surface area contributed by atoms with Crippen LogP contribution >= 0.6 is 0 Å². The molecule has 0 radical (unpaired) electrons. The molecular formula is C8H6FN3O2. The number of rotatable bonds is 1. The van der Waals surface area contributed by atoms with Gasteiger partial charge in [-0.15, -0.1) is 0 Å². The third kappa shape index (κ3) is 1.08. The van der Waals surface area contributed by atoms with Crippen LogP contribution in [0, 0.1) is 5.82 Å². The highest BCUT2D eigenvalue weighted by atomic mass is 19.1. The lowest BCUT2D eigenvalue weighted by molar-refractivity contribution is 0.0692. The number of halogens is 1. The maximum atomic E-state index is 12.8. The van der Waals surface area contributed by atoms with Crippen LogP contribution in [-0.2, 0) is 0 Å². The van der Waals surface area contributed by atoms with Crippen LogP contribution in [0.2, 0.25) is 0 Å². The highest BCUT2D eigenvalue weighted by Crippen LogP contribution is 2.15. The third-order valence-electron chi connectivity index (χ3n) is 1.82. The molecule has 0 fully saturated rings. The Morgan fingerprint density at radius 3 is 2.93 bits per heavy atom. The van der Waals surface area contributed by atoms with Crippen molar-refractivity contribution in [3.05, 3.63) is 29.8 Å². The van der Waals surface area contributed by atoms with E-state index in [9.17, 15) is 9.18 Å². The van der Waals surface area contributed by atoms with Crippen LogP contribution in [0.3, 0.4) is 0 Å². The number of aromatic carboxylic acids is 1. The van der Waals surface area contributed by atoms with Crippen molar-refractivity contribution in [3.8, 4) is 0 Å². The van der Waals surface area contributed by atoms with Crippen molar-refractivity contribution >= 4 is 17.4 Å². The summed E-state index contributed by atoms with van der Waals surface area (Å²) in [6.07, 6.45) is 1.09. The molecule has 2 rings (SSSR count). The zero-order chi connectivity index (χ0) is 10.3. The number of nitrogens with two attached hydrogens (primary N) is 1. The summed E-state index contributed by atoms with van der Waals surface area (Å²) >= 11 is 0. The number of imidazole rings is 1. The Labute approximate surface area is 77.6 Å². The highest BCUT2D eigenvalue weighted by molar-refractivity contribution is 5.91.